The van der Waals surface area contributed by atoms with Crippen LogP contribution in [0.15, 0.2) is 30.6 Å². The predicted octanol–water partition coefficient (Wildman–Crippen LogP) is 2.80. The van der Waals surface area contributed by atoms with Crippen molar-refractivity contribution in [1.29, 1.82) is 0 Å². The molecule has 0 aliphatic heterocycles. The maximum absolute atomic E-state index is 12.7. The molecule has 0 saturated heterocycles. The van der Waals surface area contributed by atoms with Crippen molar-refractivity contribution in [1.82, 2.24) is 19.5 Å². The number of nitrogen functional groups attached to an aromatic ring is 1. The first kappa shape index (κ1) is 19.0. The Kier molecular flexibility index (Phi) is 5.20. The highest BCUT2D eigenvalue weighted by molar-refractivity contribution is 5.92. The summed E-state index contributed by atoms with van der Waals surface area (Å²) in [4.78, 5) is 25.5. The average Bonchev–Trinajstić information content (AvgIpc) is 3.18. The van der Waals surface area contributed by atoms with E-state index in [-0.39, 0.29) is 23.9 Å². The van der Waals surface area contributed by atoms with Crippen LogP contribution in [0.4, 0.5) is 11.5 Å². The molecule has 1 amide bonds. The Bertz CT molecular complexity index is 1030. The van der Waals surface area contributed by atoms with Crippen LogP contribution < -0.4 is 20.5 Å². The number of fused-ring (bicyclic) bond motifs is 1. The molecule has 1 aromatic carbocycles. The second-order valence-electron chi connectivity index (χ2n) is 7.15. The van der Waals surface area contributed by atoms with Crippen molar-refractivity contribution >= 4 is 28.6 Å². The number of carbonyl (C=O) groups excluding carboxylic acids is 1. The number of rotatable bonds is 5. The second-order valence-corrected chi connectivity index (χ2v) is 7.15. The zero-order chi connectivity index (χ0) is 20.4. The quantitative estimate of drug-likeness (QED) is 0.681. The SMILES string of the molecule is COc1cccc(NC(=O)[C@H]2CC[C@@H](n3cnc4c(N)nc(OC)nc43)CC2)c1. The minimum Gasteiger partial charge on any atom is -0.497 e. The molecule has 4 rings (SSSR count). The average molecular weight is 396 g/mol. The number of nitrogens with zero attached hydrogens (tertiary/aromatic N) is 4. The Labute approximate surface area is 168 Å². The van der Waals surface area contributed by atoms with Gasteiger partial charge in [-0.05, 0) is 37.8 Å². The van der Waals surface area contributed by atoms with Crippen molar-refractivity contribution in [3.63, 3.8) is 0 Å². The van der Waals surface area contributed by atoms with Gasteiger partial charge in [-0.25, -0.2) is 4.98 Å². The highest BCUT2D eigenvalue weighted by Crippen LogP contribution is 2.35. The molecule has 1 aliphatic rings. The van der Waals surface area contributed by atoms with E-state index in [0.717, 1.165) is 37.1 Å². The number of imidazole rings is 1. The minimum atomic E-state index is -0.0264. The van der Waals surface area contributed by atoms with Crippen molar-refractivity contribution in [3.8, 4) is 11.8 Å². The molecular formula is C20H24N6O3. The number of nitrogens with one attached hydrogen (secondary N) is 1. The third-order valence-corrected chi connectivity index (χ3v) is 5.41. The lowest BCUT2D eigenvalue weighted by molar-refractivity contribution is -0.120. The van der Waals surface area contributed by atoms with Gasteiger partial charge in [0.25, 0.3) is 0 Å². The van der Waals surface area contributed by atoms with E-state index in [2.05, 4.69) is 20.3 Å². The van der Waals surface area contributed by atoms with Gasteiger partial charge in [0.1, 0.15) is 5.75 Å². The summed E-state index contributed by atoms with van der Waals surface area (Å²) in [6.07, 6.45) is 5.04. The van der Waals surface area contributed by atoms with Gasteiger partial charge in [0.2, 0.25) is 5.91 Å². The molecule has 0 radical (unpaired) electrons. The molecule has 2 heterocycles. The van der Waals surface area contributed by atoms with Crippen molar-refractivity contribution in [3.05, 3.63) is 30.6 Å². The van der Waals surface area contributed by atoms with E-state index in [0.29, 0.717) is 17.0 Å². The Morgan fingerprint density at radius 3 is 2.69 bits per heavy atom. The van der Waals surface area contributed by atoms with E-state index in [4.69, 9.17) is 15.2 Å². The van der Waals surface area contributed by atoms with E-state index in [1.165, 1.54) is 7.11 Å². The van der Waals surface area contributed by atoms with Gasteiger partial charge in [0, 0.05) is 23.7 Å². The van der Waals surface area contributed by atoms with Crippen LogP contribution in [0.25, 0.3) is 11.2 Å². The Morgan fingerprint density at radius 1 is 1.17 bits per heavy atom. The smallest absolute Gasteiger partial charge is 0.320 e. The fourth-order valence-corrected chi connectivity index (χ4v) is 3.84. The first-order valence-electron chi connectivity index (χ1n) is 9.58. The topological polar surface area (TPSA) is 117 Å². The van der Waals surface area contributed by atoms with Crippen molar-refractivity contribution in [2.45, 2.75) is 31.7 Å². The fraction of sp³-hybridized carbons (Fsp3) is 0.400. The minimum absolute atomic E-state index is 0.0264. The number of amides is 1. The summed E-state index contributed by atoms with van der Waals surface area (Å²) >= 11 is 0. The number of hydrogen-bond donors (Lipinski definition) is 2. The first-order chi connectivity index (χ1) is 14.1. The van der Waals surface area contributed by atoms with Crippen LogP contribution in [-0.2, 0) is 4.79 Å². The van der Waals surface area contributed by atoms with Crippen LogP contribution >= 0.6 is 0 Å². The van der Waals surface area contributed by atoms with E-state index >= 15 is 0 Å². The summed E-state index contributed by atoms with van der Waals surface area (Å²) in [6, 6.07) is 7.82. The molecule has 152 valence electrons. The molecule has 2 aromatic heterocycles. The zero-order valence-electron chi connectivity index (χ0n) is 16.5. The van der Waals surface area contributed by atoms with Crippen molar-refractivity contribution < 1.29 is 14.3 Å². The third kappa shape index (κ3) is 3.80. The zero-order valence-corrected chi connectivity index (χ0v) is 16.5. The van der Waals surface area contributed by atoms with Gasteiger partial charge in [-0.15, -0.1) is 0 Å². The van der Waals surface area contributed by atoms with E-state index < -0.39 is 0 Å². The molecule has 3 aromatic rings. The maximum atomic E-state index is 12.7. The molecule has 0 unspecified atom stereocenters. The van der Waals surface area contributed by atoms with E-state index in [9.17, 15) is 4.79 Å². The first-order valence-corrected chi connectivity index (χ1v) is 9.58. The van der Waals surface area contributed by atoms with Gasteiger partial charge in [-0.2, -0.15) is 9.97 Å². The van der Waals surface area contributed by atoms with Crippen LogP contribution in [-0.4, -0.2) is 39.6 Å². The molecule has 1 saturated carbocycles. The summed E-state index contributed by atoms with van der Waals surface area (Å²) in [6.45, 7) is 0. The van der Waals surface area contributed by atoms with Crippen molar-refractivity contribution in [2.75, 3.05) is 25.3 Å². The molecule has 0 bridgehead atoms. The molecule has 3 N–H and O–H groups in total. The normalized spacial score (nSPS) is 19.1. The van der Waals surface area contributed by atoms with Crippen LogP contribution in [0.1, 0.15) is 31.7 Å². The molecule has 1 aliphatic carbocycles. The number of carbonyl (C=O) groups is 1. The number of methoxy groups -OCH3 is 2. The summed E-state index contributed by atoms with van der Waals surface area (Å²) < 4.78 is 12.4. The Balaban J connectivity index is 1.43. The predicted molar refractivity (Wildman–Crippen MR) is 109 cm³/mol. The Morgan fingerprint density at radius 2 is 1.97 bits per heavy atom. The lowest BCUT2D eigenvalue weighted by atomic mass is 9.85. The molecule has 1 fully saturated rings. The summed E-state index contributed by atoms with van der Waals surface area (Å²) in [5.41, 5.74) is 7.95. The van der Waals surface area contributed by atoms with Crippen LogP contribution in [0.5, 0.6) is 11.8 Å². The molecule has 0 atom stereocenters. The Hall–Kier alpha value is -3.36. The van der Waals surface area contributed by atoms with Gasteiger partial charge < -0.3 is 25.1 Å². The molecular weight excluding hydrogens is 372 g/mol. The van der Waals surface area contributed by atoms with Crippen LogP contribution in [0.3, 0.4) is 0 Å². The van der Waals surface area contributed by atoms with Gasteiger partial charge in [-0.1, -0.05) is 6.07 Å². The van der Waals surface area contributed by atoms with Gasteiger partial charge >= 0.3 is 6.01 Å². The summed E-state index contributed by atoms with van der Waals surface area (Å²) in [7, 11) is 3.11. The molecule has 9 nitrogen and oxygen atoms in total. The summed E-state index contributed by atoms with van der Waals surface area (Å²) in [5.74, 6) is 1.04. The van der Waals surface area contributed by atoms with Gasteiger partial charge in [0.15, 0.2) is 17.0 Å². The van der Waals surface area contributed by atoms with Crippen LogP contribution in [0, 0.1) is 5.92 Å². The third-order valence-electron chi connectivity index (χ3n) is 5.41. The van der Waals surface area contributed by atoms with E-state index in [1.54, 1.807) is 13.4 Å². The highest BCUT2D eigenvalue weighted by atomic mass is 16.5. The number of anilines is 2. The van der Waals surface area contributed by atoms with Gasteiger partial charge in [-0.3, -0.25) is 4.79 Å². The second kappa shape index (κ2) is 7.94. The molecule has 0 spiro atoms. The van der Waals surface area contributed by atoms with E-state index in [1.807, 2.05) is 28.8 Å². The maximum Gasteiger partial charge on any atom is 0.320 e. The largest absolute Gasteiger partial charge is 0.497 e. The number of ether oxygens (including phenoxy) is 2. The standard InChI is InChI=1S/C20H24N6O3/c1-28-15-5-3-4-13(10-15)23-19(27)12-6-8-14(9-7-12)26-11-22-16-17(21)24-20(29-2)25-18(16)26/h3-5,10-12,14H,6-9H2,1-2H3,(H,23,27)(H2,21,24,25)/t12-,14+. The fourth-order valence-electron chi connectivity index (χ4n) is 3.84. The number of aromatic nitrogens is 4. The lowest BCUT2D eigenvalue weighted by Gasteiger charge is -2.28. The molecule has 9 heteroatoms. The monoisotopic (exact) mass is 396 g/mol. The highest BCUT2D eigenvalue weighted by Gasteiger charge is 2.28. The molecule has 29 heavy (non-hydrogen) atoms. The number of hydrogen-bond acceptors (Lipinski definition) is 7. The van der Waals surface area contributed by atoms with Crippen LogP contribution in [0.2, 0.25) is 0 Å². The number of benzene rings is 1. The summed E-state index contributed by atoms with van der Waals surface area (Å²) in [5, 5.41) is 3.00. The van der Waals surface area contributed by atoms with Gasteiger partial charge in [0.05, 0.1) is 20.5 Å². The van der Waals surface area contributed by atoms with Crippen molar-refractivity contribution in [2.24, 2.45) is 5.92 Å². The lowest BCUT2D eigenvalue weighted by Crippen LogP contribution is -2.28. The number of nitrogens with two attached hydrogens (primary N) is 1.